The number of carbonyl (C=O) groups excluding carboxylic acids is 2. The van der Waals surface area contributed by atoms with E-state index in [2.05, 4.69) is 5.32 Å². The molecule has 1 saturated carbocycles. The van der Waals surface area contributed by atoms with E-state index in [0.29, 0.717) is 54.9 Å². The van der Waals surface area contributed by atoms with Gasteiger partial charge in [0.25, 0.3) is 5.91 Å². The van der Waals surface area contributed by atoms with Crippen molar-refractivity contribution < 1.29 is 33.3 Å². The first-order valence-electron chi connectivity index (χ1n) is 14.8. The highest BCUT2D eigenvalue weighted by atomic mass is 16.6. The average molecular weight is 584 g/mol. The van der Waals surface area contributed by atoms with Crippen molar-refractivity contribution in [2.45, 2.75) is 45.2 Å². The molecule has 230 valence electrons. The maximum Gasteiger partial charge on any atom is 0.415 e. The van der Waals surface area contributed by atoms with Gasteiger partial charge in [-0.1, -0.05) is 0 Å². The second kappa shape index (κ2) is 15.1. The molecule has 4 rings (SSSR count). The quantitative estimate of drug-likeness (QED) is 0.307. The SMILES string of the molecule is COCCCOc1cc(C(=O)N(C[C@@H]2CNC[C@H]2CN(C(=O)Oc2ccc(OC)cc2)C2CC2)C(C)C)ccc1OC. The van der Waals surface area contributed by atoms with Gasteiger partial charge in [0.05, 0.1) is 20.8 Å². The van der Waals surface area contributed by atoms with Crippen molar-refractivity contribution in [3.05, 3.63) is 48.0 Å². The van der Waals surface area contributed by atoms with E-state index in [4.69, 9.17) is 23.7 Å². The van der Waals surface area contributed by atoms with Gasteiger partial charge in [-0.25, -0.2) is 4.79 Å². The molecule has 1 N–H and O–H groups in total. The van der Waals surface area contributed by atoms with Gasteiger partial charge in [-0.05, 0) is 81.0 Å². The number of rotatable bonds is 15. The number of ether oxygens (including phenoxy) is 5. The third kappa shape index (κ3) is 8.29. The lowest BCUT2D eigenvalue weighted by Crippen LogP contribution is -2.45. The van der Waals surface area contributed by atoms with Crippen LogP contribution in [-0.4, -0.2) is 94.6 Å². The Hall–Kier alpha value is -3.50. The second-order valence-corrected chi connectivity index (χ2v) is 11.2. The highest BCUT2D eigenvalue weighted by Gasteiger charge is 2.39. The summed E-state index contributed by atoms with van der Waals surface area (Å²) in [5.74, 6) is 2.65. The molecule has 10 heteroatoms. The summed E-state index contributed by atoms with van der Waals surface area (Å²) in [6.07, 6.45) is 2.36. The highest BCUT2D eigenvalue weighted by molar-refractivity contribution is 5.95. The van der Waals surface area contributed by atoms with Crippen LogP contribution in [0.25, 0.3) is 0 Å². The zero-order chi connectivity index (χ0) is 30.1. The predicted molar refractivity (Wildman–Crippen MR) is 160 cm³/mol. The maximum atomic E-state index is 13.8. The van der Waals surface area contributed by atoms with Gasteiger partial charge in [0, 0.05) is 64.0 Å². The van der Waals surface area contributed by atoms with Crippen LogP contribution in [0.5, 0.6) is 23.0 Å². The molecule has 2 aromatic carbocycles. The van der Waals surface area contributed by atoms with Gasteiger partial charge in [0.1, 0.15) is 11.5 Å². The van der Waals surface area contributed by atoms with Crippen LogP contribution >= 0.6 is 0 Å². The lowest BCUT2D eigenvalue weighted by atomic mass is 9.94. The molecule has 42 heavy (non-hydrogen) atoms. The molecule has 0 bridgehead atoms. The Morgan fingerprint density at radius 1 is 0.881 bits per heavy atom. The van der Waals surface area contributed by atoms with Crippen LogP contribution < -0.4 is 24.3 Å². The van der Waals surface area contributed by atoms with Gasteiger partial charge in [0.2, 0.25) is 0 Å². The zero-order valence-electron chi connectivity index (χ0n) is 25.5. The first kappa shape index (κ1) is 31.4. The number of nitrogens with one attached hydrogen (secondary N) is 1. The Bertz CT molecular complexity index is 1170. The van der Waals surface area contributed by atoms with Crippen LogP contribution in [0.15, 0.2) is 42.5 Å². The topological polar surface area (TPSA) is 98.8 Å². The molecule has 0 unspecified atom stereocenters. The van der Waals surface area contributed by atoms with Gasteiger partial charge in [-0.2, -0.15) is 0 Å². The van der Waals surface area contributed by atoms with Crippen LogP contribution in [0.2, 0.25) is 0 Å². The van der Waals surface area contributed by atoms with Crippen LogP contribution in [0, 0.1) is 11.8 Å². The van der Waals surface area contributed by atoms with Crippen molar-refractivity contribution in [3.8, 4) is 23.0 Å². The summed E-state index contributed by atoms with van der Waals surface area (Å²) in [5, 5.41) is 3.49. The van der Waals surface area contributed by atoms with Gasteiger partial charge in [-0.3, -0.25) is 4.79 Å². The third-order valence-electron chi connectivity index (χ3n) is 7.87. The summed E-state index contributed by atoms with van der Waals surface area (Å²) in [6.45, 7) is 7.85. The Labute approximate surface area is 249 Å². The lowest BCUT2D eigenvalue weighted by molar-refractivity contribution is 0.0648. The van der Waals surface area contributed by atoms with Crippen LogP contribution in [-0.2, 0) is 4.74 Å². The van der Waals surface area contributed by atoms with Crippen LogP contribution in [0.1, 0.15) is 43.5 Å². The number of methoxy groups -OCH3 is 3. The van der Waals surface area contributed by atoms with Gasteiger partial charge in [-0.15, -0.1) is 0 Å². The summed E-state index contributed by atoms with van der Waals surface area (Å²) < 4.78 is 27.4. The second-order valence-electron chi connectivity index (χ2n) is 11.2. The lowest BCUT2D eigenvalue weighted by Gasteiger charge is -2.33. The van der Waals surface area contributed by atoms with E-state index in [1.165, 1.54) is 0 Å². The van der Waals surface area contributed by atoms with Gasteiger partial charge in [0.15, 0.2) is 11.5 Å². The maximum absolute atomic E-state index is 13.8. The Morgan fingerprint density at radius 2 is 1.57 bits per heavy atom. The number of hydrogen-bond acceptors (Lipinski definition) is 8. The van der Waals surface area contributed by atoms with E-state index >= 15 is 0 Å². The van der Waals surface area contributed by atoms with E-state index in [-0.39, 0.29) is 35.9 Å². The number of carbonyl (C=O) groups is 2. The molecule has 1 aliphatic carbocycles. The monoisotopic (exact) mass is 583 g/mol. The summed E-state index contributed by atoms with van der Waals surface area (Å²) >= 11 is 0. The minimum absolute atomic E-state index is 0.00787. The molecule has 1 saturated heterocycles. The smallest absolute Gasteiger partial charge is 0.415 e. The first-order chi connectivity index (χ1) is 20.3. The normalized spacial score (nSPS) is 18.0. The van der Waals surface area contributed by atoms with Crippen molar-refractivity contribution in [3.63, 3.8) is 0 Å². The average Bonchev–Trinajstić information content (AvgIpc) is 3.74. The summed E-state index contributed by atoms with van der Waals surface area (Å²) in [7, 11) is 4.84. The molecule has 0 radical (unpaired) electrons. The van der Waals surface area contributed by atoms with Crippen molar-refractivity contribution in [1.29, 1.82) is 0 Å². The molecule has 1 aliphatic heterocycles. The van der Waals surface area contributed by atoms with Crippen molar-refractivity contribution in [2.24, 2.45) is 11.8 Å². The van der Waals surface area contributed by atoms with E-state index in [0.717, 1.165) is 32.4 Å². The molecule has 2 aliphatic rings. The Kier molecular flexibility index (Phi) is 11.3. The van der Waals surface area contributed by atoms with E-state index < -0.39 is 0 Å². The number of hydrogen-bond donors (Lipinski definition) is 1. The minimum Gasteiger partial charge on any atom is -0.497 e. The molecular weight excluding hydrogens is 538 g/mol. The Balaban J connectivity index is 1.42. The molecule has 2 atom stereocenters. The number of amides is 2. The molecule has 2 amide bonds. The first-order valence-corrected chi connectivity index (χ1v) is 14.8. The molecule has 1 heterocycles. The summed E-state index contributed by atoms with van der Waals surface area (Å²) in [6, 6.07) is 12.5. The molecular formula is C32H45N3O7. The van der Waals surface area contributed by atoms with Crippen molar-refractivity contribution in [2.75, 3.05) is 60.7 Å². The fraction of sp³-hybridized carbons (Fsp3) is 0.562. The predicted octanol–water partition coefficient (Wildman–Crippen LogP) is 4.47. The minimum atomic E-state index is -0.332. The fourth-order valence-electron chi connectivity index (χ4n) is 5.28. The van der Waals surface area contributed by atoms with E-state index in [1.807, 2.05) is 23.6 Å². The molecule has 2 fully saturated rings. The van der Waals surface area contributed by atoms with Gasteiger partial charge < -0.3 is 38.8 Å². The number of nitrogens with zero attached hydrogens (tertiary/aromatic N) is 2. The Morgan fingerprint density at radius 3 is 2.19 bits per heavy atom. The standard InChI is InChI=1S/C32H45N3O7/c1-22(2)34(31(36)23-7-14-29(40-5)30(17-23)41-16-6-15-38-3)20-24-18-33-19-25(24)21-35(26-8-9-26)32(37)42-28-12-10-27(39-4)11-13-28/h7,10-14,17,22,24-26,33H,6,8-9,15-16,18-21H2,1-5H3/t24-,25-/m0/s1. The summed E-state index contributed by atoms with van der Waals surface area (Å²) in [5.41, 5.74) is 0.552. The van der Waals surface area contributed by atoms with Crippen LogP contribution in [0.3, 0.4) is 0 Å². The zero-order valence-corrected chi connectivity index (χ0v) is 25.5. The van der Waals surface area contributed by atoms with E-state index in [1.54, 1.807) is 63.8 Å². The molecule has 2 aromatic rings. The van der Waals surface area contributed by atoms with Gasteiger partial charge >= 0.3 is 6.09 Å². The summed E-state index contributed by atoms with van der Waals surface area (Å²) in [4.78, 5) is 30.8. The van der Waals surface area contributed by atoms with Crippen molar-refractivity contribution in [1.82, 2.24) is 15.1 Å². The molecule has 0 spiro atoms. The molecule has 10 nitrogen and oxygen atoms in total. The third-order valence-corrected chi connectivity index (χ3v) is 7.87. The molecule has 0 aromatic heterocycles. The van der Waals surface area contributed by atoms with Crippen molar-refractivity contribution >= 4 is 12.0 Å². The largest absolute Gasteiger partial charge is 0.497 e. The van der Waals surface area contributed by atoms with E-state index in [9.17, 15) is 9.59 Å². The highest BCUT2D eigenvalue weighted by Crippen LogP contribution is 2.32. The number of benzene rings is 2. The fourth-order valence-corrected chi connectivity index (χ4v) is 5.28. The van der Waals surface area contributed by atoms with Crippen LogP contribution in [0.4, 0.5) is 4.79 Å².